The van der Waals surface area contributed by atoms with Crippen LogP contribution >= 0.6 is 0 Å². The Labute approximate surface area is 186 Å². The molecule has 1 aliphatic heterocycles. The highest BCUT2D eigenvalue weighted by Gasteiger charge is 2.16. The molecule has 0 atom stereocenters. The van der Waals surface area contributed by atoms with Gasteiger partial charge in [0.25, 0.3) is 5.91 Å². The van der Waals surface area contributed by atoms with Gasteiger partial charge in [0.1, 0.15) is 5.82 Å². The largest absolute Gasteiger partial charge is 0.305 e. The summed E-state index contributed by atoms with van der Waals surface area (Å²) in [5.41, 5.74) is 4.42. The average molecular weight is 427 g/mol. The Morgan fingerprint density at radius 2 is 1.88 bits per heavy atom. The Kier molecular flexibility index (Phi) is 5.89. The maximum Gasteiger partial charge on any atom is 0.277 e. The zero-order chi connectivity index (χ0) is 21.8. The smallest absolute Gasteiger partial charge is 0.277 e. The fourth-order valence-electron chi connectivity index (χ4n) is 4.26. The molecular formula is C25H26N6O. The lowest BCUT2D eigenvalue weighted by atomic mass is 10.0. The van der Waals surface area contributed by atoms with Crippen molar-refractivity contribution in [3.63, 3.8) is 0 Å². The van der Waals surface area contributed by atoms with Gasteiger partial charge in [0.05, 0.1) is 5.52 Å². The van der Waals surface area contributed by atoms with Crippen LogP contribution in [-0.4, -0.2) is 44.1 Å². The highest BCUT2D eigenvalue weighted by atomic mass is 16.2. The molecule has 0 spiro atoms. The second kappa shape index (κ2) is 9.28. The number of hydrogen-bond acceptors (Lipinski definition) is 5. The predicted molar refractivity (Wildman–Crippen MR) is 125 cm³/mol. The van der Waals surface area contributed by atoms with E-state index in [1.165, 1.54) is 31.2 Å². The minimum absolute atomic E-state index is 0.292. The molecule has 5 rings (SSSR count). The normalized spacial score (nSPS) is 14.9. The molecule has 2 N–H and O–H groups in total. The number of benzene rings is 1. The quantitative estimate of drug-likeness (QED) is 0.485. The zero-order valence-corrected chi connectivity index (χ0v) is 17.9. The van der Waals surface area contributed by atoms with Gasteiger partial charge in [-0.1, -0.05) is 25.0 Å². The molecule has 162 valence electrons. The predicted octanol–water partition coefficient (Wildman–Crippen LogP) is 4.65. The lowest BCUT2D eigenvalue weighted by Crippen LogP contribution is -2.24. The van der Waals surface area contributed by atoms with E-state index in [0.717, 1.165) is 41.7 Å². The molecule has 7 heteroatoms. The number of hydrogen-bond donors (Lipinski definition) is 2. The van der Waals surface area contributed by atoms with Gasteiger partial charge in [-0.2, -0.15) is 5.10 Å². The molecule has 1 saturated heterocycles. The SMILES string of the molecule is O=C(Nc1ccccn1)c1n[nH]c2ccc(-c3cncc(CN4CCCCCC4)c3)cc12. The van der Waals surface area contributed by atoms with Gasteiger partial charge in [0.2, 0.25) is 0 Å². The number of aromatic amines is 1. The Bertz CT molecular complexity index is 1210. The fourth-order valence-corrected chi connectivity index (χ4v) is 4.26. The van der Waals surface area contributed by atoms with Crippen molar-refractivity contribution in [1.82, 2.24) is 25.1 Å². The number of fused-ring (bicyclic) bond motifs is 1. The third-order valence-corrected chi connectivity index (χ3v) is 5.92. The van der Waals surface area contributed by atoms with Crippen LogP contribution in [0.1, 0.15) is 41.7 Å². The van der Waals surface area contributed by atoms with E-state index < -0.39 is 0 Å². The number of nitrogens with one attached hydrogen (secondary N) is 2. The van der Waals surface area contributed by atoms with Crippen molar-refractivity contribution in [2.24, 2.45) is 0 Å². The van der Waals surface area contributed by atoms with Crippen LogP contribution in [0.15, 0.2) is 61.1 Å². The van der Waals surface area contributed by atoms with Gasteiger partial charge in [-0.05, 0) is 67.4 Å². The minimum atomic E-state index is -0.292. The molecule has 0 saturated carbocycles. The van der Waals surface area contributed by atoms with E-state index in [1.54, 1.807) is 18.3 Å². The first-order chi connectivity index (χ1) is 15.8. The summed E-state index contributed by atoms with van der Waals surface area (Å²) in [6.07, 6.45) is 10.7. The van der Waals surface area contributed by atoms with E-state index in [9.17, 15) is 4.79 Å². The Morgan fingerprint density at radius 3 is 2.69 bits per heavy atom. The van der Waals surface area contributed by atoms with Crippen molar-refractivity contribution < 1.29 is 4.79 Å². The van der Waals surface area contributed by atoms with E-state index >= 15 is 0 Å². The number of rotatable bonds is 5. The lowest BCUT2D eigenvalue weighted by Gasteiger charge is -2.19. The van der Waals surface area contributed by atoms with Gasteiger partial charge in [-0.25, -0.2) is 4.98 Å². The molecule has 0 unspecified atom stereocenters. The molecule has 1 fully saturated rings. The summed E-state index contributed by atoms with van der Waals surface area (Å²) in [7, 11) is 0. The molecule has 4 aromatic rings. The summed E-state index contributed by atoms with van der Waals surface area (Å²) in [6.45, 7) is 3.23. The van der Waals surface area contributed by atoms with Gasteiger partial charge in [-0.15, -0.1) is 0 Å². The molecule has 1 aliphatic rings. The number of nitrogens with zero attached hydrogens (tertiary/aromatic N) is 4. The van der Waals surface area contributed by atoms with Gasteiger partial charge in [0, 0.05) is 36.1 Å². The van der Waals surface area contributed by atoms with Crippen molar-refractivity contribution in [3.05, 3.63) is 72.3 Å². The molecule has 1 amide bonds. The van der Waals surface area contributed by atoms with Crippen LogP contribution in [0.5, 0.6) is 0 Å². The maximum absolute atomic E-state index is 12.8. The molecule has 3 aromatic heterocycles. The van der Waals surface area contributed by atoms with E-state index in [4.69, 9.17) is 0 Å². The summed E-state index contributed by atoms with van der Waals surface area (Å²) >= 11 is 0. The summed E-state index contributed by atoms with van der Waals surface area (Å²) in [4.78, 5) is 24.0. The fraction of sp³-hybridized carbons (Fsp3) is 0.280. The monoisotopic (exact) mass is 426 g/mol. The van der Waals surface area contributed by atoms with E-state index in [0.29, 0.717) is 11.5 Å². The van der Waals surface area contributed by atoms with Crippen molar-refractivity contribution >= 4 is 22.6 Å². The summed E-state index contributed by atoms with van der Waals surface area (Å²) in [5, 5.41) is 10.8. The standard InChI is InChI=1S/C25H26N6O/c32-25(28-23-7-3-4-10-27-23)24-21-14-19(8-9-22(21)29-30-24)20-13-18(15-26-16-20)17-31-11-5-1-2-6-12-31/h3-4,7-10,13-16H,1-2,5-6,11-12,17H2,(H,29,30)(H,27,28,32). The lowest BCUT2D eigenvalue weighted by molar-refractivity contribution is 0.102. The minimum Gasteiger partial charge on any atom is -0.305 e. The number of carbonyl (C=O) groups is 1. The van der Waals surface area contributed by atoms with Gasteiger partial charge in [0.15, 0.2) is 5.69 Å². The van der Waals surface area contributed by atoms with Crippen LogP contribution in [0.2, 0.25) is 0 Å². The van der Waals surface area contributed by atoms with Crippen molar-refractivity contribution in [2.75, 3.05) is 18.4 Å². The highest BCUT2D eigenvalue weighted by Crippen LogP contribution is 2.26. The van der Waals surface area contributed by atoms with E-state index in [-0.39, 0.29) is 5.91 Å². The van der Waals surface area contributed by atoms with Gasteiger partial charge >= 0.3 is 0 Å². The number of carbonyl (C=O) groups excluding carboxylic acids is 1. The number of likely N-dealkylation sites (tertiary alicyclic amines) is 1. The van der Waals surface area contributed by atoms with E-state index in [2.05, 4.69) is 36.4 Å². The molecule has 1 aromatic carbocycles. The first kappa shape index (κ1) is 20.3. The Morgan fingerprint density at radius 1 is 1.00 bits per heavy atom. The molecule has 4 heterocycles. The number of H-pyrrole nitrogens is 1. The zero-order valence-electron chi connectivity index (χ0n) is 17.9. The maximum atomic E-state index is 12.8. The van der Waals surface area contributed by atoms with Gasteiger partial charge < -0.3 is 5.32 Å². The van der Waals surface area contributed by atoms with Crippen molar-refractivity contribution in [2.45, 2.75) is 32.2 Å². The van der Waals surface area contributed by atoms with Crippen molar-refractivity contribution in [1.29, 1.82) is 0 Å². The third kappa shape index (κ3) is 4.53. The van der Waals surface area contributed by atoms with Gasteiger partial charge in [-0.3, -0.25) is 19.8 Å². The molecule has 32 heavy (non-hydrogen) atoms. The van der Waals surface area contributed by atoms with Crippen LogP contribution in [0, 0.1) is 0 Å². The molecule has 0 radical (unpaired) electrons. The number of aromatic nitrogens is 4. The Hall–Kier alpha value is -3.58. The number of anilines is 1. The Balaban J connectivity index is 1.40. The first-order valence-electron chi connectivity index (χ1n) is 11.1. The van der Waals surface area contributed by atoms with Crippen LogP contribution in [-0.2, 0) is 6.54 Å². The molecule has 7 nitrogen and oxygen atoms in total. The molecule has 0 aliphatic carbocycles. The first-order valence-corrected chi connectivity index (χ1v) is 11.1. The molecule has 0 bridgehead atoms. The van der Waals surface area contributed by atoms with Crippen molar-refractivity contribution in [3.8, 4) is 11.1 Å². The third-order valence-electron chi connectivity index (χ3n) is 5.92. The highest BCUT2D eigenvalue weighted by molar-refractivity contribution is 6.11. The van der Waals surface area contributed by atoms with E-state index in [1.807, 2.05) is 36.7 Å². The van der Waals surface area contributed by atoms with Crippen LogP contribution in [0.4, 0.5) is 5.82 Å². The summed E-state index contributed by atoms with van der Waals surface area (Å²) in [5.74, 6) is 0.204. The number of pyridine rings is 2. The topological polar surface area (TPSA) is 86.8 Å². The second-order valence-corrected chi connectivity index (χ2v) is 8.27. The van der Waals surface area contributed by atoms with Crippen LogP contribution < -0.4 is 5.32 Å². The summed E-state index contributed by atoms with van der Waals surface area (Å²) < 4.78 is 0. The second-order valence-electron chi connectivity index (χ2n) is 8.27. The molecular weight excluding hydrogens is 400 g/mol. The average Bonchev–Trinajstić information content (AvgIpc) is 3.08. The van der Waals surface area contributed by atoms with Crippen LogP contribution in [0.25, 0.3) is 22.0 Å². The summed E-state index contributed by atoms with van der Waals surface area (Å²) in [6, 6.07) is 13.6. The van der Waals surface area contributed by atoms with Crippen LogP contribution in [0.3, 0.4) is 0 Å². The number of amides is 1.